The number of unbranched alkanes of at least 4 members (excludes halogenated alkanes) is 4. The van der Waals surface area contributed by atoms with Crippen molar-refractivity contribution >= 4 is 46.8 Å². The zero-order valence-electron chi connectivity index (χ0n) is 27.4. The quantitative estimate of drug-likeness (QED) is 0.0271. The van der Waals surface area contributed by atoms with Gasteiger partial charge in [-0.1, -0.05) is 66.2 Å². The van der Waals surface area contributed by atoms with Crippen molar-refractivity contribution in [2.45, 2.75) is 91.9 Å². The summed E-state index contributed by atoms with van der Waals surface area (Å²) in [4.78, 5) is 29.5. The Bertz CT molecular complexity index is 1300. The van der Waals surface area contributed by atoms with Crippen LogP contribution in [0.2, 0.25) is 0 Å². The van der Waals surface area contributed by atoms with Crippen LogP contribution in [0.4, 0.5) is 11.4 Å². The van der Waals surface area contributed by atoms with Crippen LogP contribution in [0.25, 0.3) is 0 Å². The predicted molar refractivity (Wildman–Crippen MR) is 185 cm³/mol. The van der Waals surface area contributed by atoms with Crippen LogP contribution in [0.5, 0.6) is 0 Å². The topological polar surface area (TPSA) is 86.7 Å². The van der Waals surface area contributed by atoms with Gasteiger partial charge in [0.15, 0.2) is 12.0 Å². The van der Waals surface area contributed by atoms with Gasteiger partial charge < -0.3 is 10.1 Å². The molecule has 0 spiro atoms. The number of Topliss-reactive ketones (excluding diaryl/α,β-unsaturated/α-hetero) is 1. The molecule has 1 unspecified atom stereocenters. The van der Waals surface area contributed by atoms with Crippen LogP contribution in [0.1, 0.15) is 122 Å². The Labute approximate surface area is 273 Å². The number of nitrogens with zero attached hydrogens (tertiary/aromatic N) is 3. The molecule has 1 heterocycles. The first-order valence-electron chi connectivity index (χ1n) is 16.6. The Morgan fingerprint density at radius 2 is 1.33 bits per heavy atom. The predicted octanol–water partition coefficient (Wildman–Crippen LogP) is 9.38. The van der Waals surface area contributed by atoms with E-state index in [9.17, 15) is 20.0 Å². The molecule has 1 amide bonds. The molecule has 1 atom stereocenters. The van der Waals surface area contributed by atoms with Crippen LogP contribution in [0, 0.1) is 11.1 Å². The average molecular weight is 633 g/mol. The summed E-state index contributed by atoms with van der Waals surface area (Å²) in [7, 11) is 0. The zero-order valence-corrected chi connectivity index (χ0v) is 28.2. The maximum atomic E-state index is 13.1. The molecule has 3 aromatic rings. The van der Waals surface area contributed by atoms with E-state index in [-0.39, 0.29) is 17.6 Å². The third-order valence-electron chi connectivity index (χ3n) is 7.90. The molecular weight excluding hydrogens is 582 g/mol. The molecular formula is C37H50N3O4S+. The molecule has 0 aliphatic heterocycles. The number of hydrogen-bond acceptors (Lipinski definition) is 5. The van der Waals surface area contributed by atoms with Gasteiger partial charge in [-0.25, -0.2) is 0 Å². The second-order valence-electron chi connectivity index (χ2n) is 11.6. The SMILES string of the molecule is CCCCCC(CCC)C(=O)c1ccc(/[N+]([O-])=C\c2ccc(/C=[N+](/O)c3ccc(C(=O)N(CCC)CCCCC)cc3)s2)cc1. The molecule has 0 aliphatic carbocycles. The minimum absolute atomic E-state index is 0.0120. The van der Waals surface area contributed by atoms with E-state index in [0.717, 1.165) is 96.5 Å². The summed E-state index contributed by atoms with van der Waals surface area (Å²) in [5.41, 5.74) is 2.24. The number of carbonyl (C=O) groups excluding carboxylic acids is 2. The van der Waals surface area contributed by atoms with Crippen LogP contribution >= 0.6 is 11.3 Å². The van der Waals surface area contributed by atoms with Crippen molar-refractivity contribution in [3.05, 3.63) is 86.8 Å². The molecule has 7 nitrogen and oxygen atoms in total. The van der Waals surface area contributed by atoms with E-state index in [1.165, 1.54) is 17.6 Å². The average Bonchev–Trinajstić information content (AvgIpc) is 3.49. The fourth-order valence-electron chi connectivity index (χ4n) is 5.37. The molecule has 3 rings (SSSR count). The van der Waals surface area contributed by atoms with Crippen molar-refractivity contribution in [2.75, 3.05) is 13.1 Å². The van der Waals surface area contributed by atoms with Gasteiger partial charge in [0.25, 0.3) is 11.6 Å². The molecule has 0 saturated carbocycles. The molecule has 1 aromatic heterocycles. The van der Waals surface area contributed by atoms with E-state index in [4.69, 9.17) is 0 Å². The Morgan fingerprint density at radius 3 is 1.96 bits per heavy atom. The van der Waals surface area contributed by atoms with E-state index in [1.54, 1.807) is 54.7 Å². The summed E-state index contributed by atoms with van der Waals surface area (Å²) in [5.74, 6) is 0.207. The molecule has 45 heavy (non-hydrogen) atoms. The fourth-order valence-corrected chi connectivity index (χ4v) is 6.22. The Hall–Kier alpha value is -3.78. The Balaban J connectivity index is 1.65. The van der Waals surface area contributed by atoms with Crippen molar-refractivity contribution in [2.24, 2.45) is 5.92 Å². The smallest absolute Gasteiger partial charge is 0.257 e. The van der Waals surface area contributed by atoms with Crippen LogP contribution in [0.3, 0.4) is 0 Å². The minimum Gasteiger partial charge on any atom is -0.618 e. The van der Waals surface area contributed by atoms with Crippen LogP contribution in [-0.2, 0) is 0 Å². The van der Waals surface area contributed by atoms with E-state index < -0.39 is 0 Å². The summed E-state index contributed by atoms with van der Waals surface area (Å²) in [6.45, 7) is 9.98. The van der Waals surface area contributed by atoms with Gasteiger partial charge >= 0.3 is 0 Å². The van der Waals surface area contributed by atoms with Gasteiger partial charge in [0, 0.05) is 59.1 Å². The zero-order chi connectivity index (χ0) is 32.6. The summed E-state index contributed by atoms with van der Waals surface area (Å²) in [5, 5.41) is 23.6. The van der Waals surface area contributed by atoms with Gasteiger partial charge in [-0.2, -0.15) is 4.74 Å². The molecule has 0 fully saturated rings. The summed E-state index contributed by atoms with van der Waals surface area (Å²) in [6.07, 6.45) is 13.3. The monoisotopic (exact) mass is 632 g/mol. The summed E-state index contributed by atoms with van der Waals surface area (Å²) < 4.78 is 1.82. The number of benzene rings is 2. The van der Waals surface area contributed by atoms with Crippen LogP contribution < -0.4 is 0 Å². The number of rotatable bonds is 19. The van der Waals surface area contributed by atoms with E-state index in [1.807, 2.05) is 17.0 Å². The van der Waals surface area contributed by atoms with Gasteiger partial charge in [-0.05, 0) is 62.1 Å². The highest BCUT2D eigenvalue weighted by Crippen LogP contribution is 2.23. The second kappa shape index (κ2) is 18.9. The molecule has 2 aromatic carbocycles. The number of ketones is 1. The van der Waals surface area contributed by atoms with Crippen LogP contribution in [0.15, 0.2) is 60.7 Å². The van der Waals surface area contributed by atoms with Gasteiger partial charge in [0.1, 0.15) is 0 Å². The van der Waals surface area contributed by atoms with Gasteiger partial charge in [0.05, 0.1) is 9.75 Å². The number of carbonyl (C=O) groups is 2. The van der Waals surface area contributed by atoms with Crippen molar-refractivity contribution < 1.29 is 24.3 Å². The Kier molecular flexibility index (Phi) is 15.0. The largest absolute Gasteiger partial charge is 0.618 e. The van der Waals surface area contributed by atoms with Crippen molar-refractivity contribution in [1.82, 2.24) is 4.90 Å². The molecule has 0 radical (unpaired) electrons. The van der Waals surface area contributed by atoms with Crippen molar-refractivity contribution in [3.63, 3.8) is 0 Å². The number of thiophene rings is 1. The number of amides is 1. The van der Waals surface area contributed by atoms with Gasteiger partial charge in [0.2, 0.25) is 11.9 Å². The molecule has 0 bridgehead atoms. The standard InChI is InChI=1S/C37H50N3O4S/c1-5-9-11-14-29(13-7-3)36(41)30-15-19-32(20-16-30)39(43)27-34-23-24-35(45-34)28-40(44)33-21-17-31(18-22-33)37(42)38(25-8-4)26-12-10-6-2/h15-24,27-29,44H,5-14,25-26H2,1-4H3/q+1/b39-27+,40-28+. The molecule has 0 saturated heterocycles. The lowest BCUT2D eigenvalue weighted by Crippen LogP contribution is -2.32. The molecule has 242 valence electrons. The lowest BCUT2D eigenvalue weighted by molar-refractivity contribution is -0.709. The molecule has 1 N–H and O–H groups in total. The lowest BCUT2D eigenvalue weighted by atomic mass is 9.89. The van der Waals surface area contributed by atoms with Gasteiger partial charge in [-0.15, -0.1) is 11.3 Å². The molecule has 0 aliphatic rings. The van der Waals surface area contributed by atoms with Crippen LogP contribution in [-0.4, -0.2) is 56.8 Å². The summed E-state index contributed by atoms with van der Waals surface area (Å²) in [6, 6.07) is 17.5. The maximum absolute atomic E-state index is 13.1. The number of hydrogen-bond donors (Lipinski definition) is 1. The van der Waals surface area contributed by atoms with Crippen molar-refractivity contribution in [1.29, 1.82) is 0 Å². The highest BCUT2D eigenvalue weighted by Gasteiger charge is 2.20. The summed E-state index contributed by atoms with van der Waals surface area (Å²) >= 11 is 1.36. The second-order valence-corrected chi connectivity index (χ2v) is 12.8. The third kappa shape index (κ3) is 11.0. The molecule has 8 heteroatoms. The first kappa shape index (κ1) is 35.7. The highest BCUT2D eigenvalue weighted by atomic mass is 32.1. The highest BCUT2D eigenvalue weighted by molar-refractivity contribution is 7.15. The first-order chi connectivity index (χ1) is 21.8. The van der Waals surface area contributed by atoms with E-state index in [2.05, 4.69) is 27.7 Å². The lowest BCUT2D eigenvalue weighted by Gasteiger charge is -2.22. The van der Waals surface area contributed by atoms with Crippen molar-refractivity contribution in [3.8, 4) is 0 Å². The normalized spacial score (nSPS) is 12.7. The third-order valence-corrected chi connectivity index (χ3v) is 8.86. The fraction of sp³-hybridized carbons (Fsp3) is 0.459. The minimum atomic E-state index is 0.0120. The maximum Gasteiger partial charge on any atom is 0.257 e. The van der Waals surface area contributed by atoms with E-state index >= 15 is 0 Å². The van der Waals surface area contributed by atoms with E-state index in [0.29, 0.717) is 22.5 Å². The van der Waals surface area contributed by atoms with Gasteiger partial charge in [-0.3, -0.25) is 14.8 Å². The Morgan fingerprint density at radius 1 is 0.733 bits per heavy atom. The first-order valence-corrected chi connectivity index (χ1v) is 17.4.